The minimum Gasteiger partial charge on any atom is -0.485 e. The highest BCUT2D eigenvalue weighted by molar-refractivity contribution is 5.82. The molecule has 0 bridgehead atoms. The highest BCUT2D eigenvalue weighted by Crippen LogP contribution is 2.31. The van der Waals surface area contributed by atoms with Gasteiger partial charge in [0.05, 0.1) is 6.54 Å². The average Bonchev–Trinajstić information content (AvgIpc) is 2.68. The number of fused-ring (bicyclic) bond motifs is 1. The van der Waals surface area contributed by atoms with E-state index in [2.05, 4.69) is 10.2 Å². The van der Waals surface area contributed by atoms with Gasteiger partial charge in [-0.2, -0.15) is 5.10 Å². The van der Waals surface area contributed by atoms with E-state index in [0.29, 0.717) is 30.5 Å². The smallest absolute Gasteiger partial charge is 0.267 e. The summed E-state index contributed by atoms with van der Waals surface area (Å²) in [7, 11) is 0. The Morgan fingerprint density at radius 1 is 1.20 bits per heavy atom. The van der Waals surface area contributed by atoms with Gasteiger partial charge >= 0.3 is 0 Å². The summed E-state index contributed by atoms with van der Waals surface area (Å²) in [5.74, 6) is 1.69. The molecule has 1 amide bonds. The van der Waals surface area contributed by atoms with E-state index >= 15 is 0 Å². The number of amides is 1. The van der Waals surface area contributed by atoms with Crippen LogP contribution in [0.25, 0.3) is 0 Å². The van der Waals surface area contributed by atoms with Crippen LogP contribution >= 0.6 is 0 Å². The third kappa shape index (κ3) is 3.50. The van der Waals surface area contributed by atoms with Crippen LogP contribution in [-0.2, 0) is 4.79 Å². The molecule has 0 saturated carbocycles. The van der Waals surface area contributed by atoms with Crippen molar-refractivity contribution in [1.82, 2.24) is 15.1 Å². The molecule has 1 saturated heterocycles. The second kappa shape index (κ2) is 6.96. The van der Waals surface area contributed by atoms with Crippen LogP contribution in [0.1, 0.15) is 12.8 Å². The highest BCUT2D eigenvalue weighted by atomic mass is 16.6. The van der Waals surface area contributed by atoms with Crippen LogP contribution in [0.4, 0.5) is 0 Å². The van der Waals surface area contributed by atoms with Crippen molar-refractivity contribution in [2.24, 2.45) is 0 Å². The van der Waals surface area contributed by atoms with Crippen molar-refractivity contribution in [2.45, 2.75) is 25.0 Å². The molecule has 7 nitrogen and oxygen atoms in total. The Hall–Kier alpha value is -2.83. The zero-order chi connectivity index (χ0) is 17.1. The molecule has 25 heavy (non-hydrogen) atoms. The van der Waals surface area contributed by atoms with E-state index in [0.717, 1.165) is 12.8 Å². The summed E-state index contributed by atoms with van der Waals surface area (Å²) in [6.45, 7) is 1.43. The standard InChI is InChI=1S/C18H19N3O4/c22-18(16-12-23-14-6-1-2-7-15(14)25-16)21-10-4-5-13(11-21)24-17-8-3-9-19-20-17/h1-3,6-9,13,16H,4-5,10-12H2/t13-,16-/m1/s1. The molecule has 130 valence electrons. The molecule has 1 fully saturated rings. The lowest BCUT2D eigenvalue weighted by Gasteiger charge is -2.35. The van der Waals surface area contributed by atoms with E-state index in [1.54, 1.807) is 23.2 Å². The lowest BCUT2D eigenvalue weighted by atomic mass is 10.1. The monoisotopic (exact) mass is 341 g/mol. The Bertz CT molecular complexity index is 740. The summed E-state index contributed by atoms with van der Waals surface area (Å²) in [6, 6.07) is 10.9. The third-order valence-electron chi connectivity index (χ3n) is 4.31. The largest absolute Gasteiger partial charge is 0.485 e. The van der Waals surface area contributed by atoms with Gasteiger partial charge in [0.1, 0.15) is 12.7 Å². The van der Waals surface area contributed by atoms with Gasteiger partial charge in [-0.25, -0.2) is 0 Å². The van der Waals surface area contributed by atoms with Crippen LogP contribution in [0, 0.1) is 0 Å². The van der Waals surface area contributed by atoms with E-state index in [9.17, 15) is 4.79 Å². The molecular formula is C18H19N3O4. The third-order valence-corrected chi connectivity index (χ3v) is 4.31. The van der Waals surface area contributed by atoms with E-state index in [1.165, 1.54) is 0 Å². The molecule has 1 aromatic carbocycles. The van der Waals surface area contributed by atoms with Gasteiger partial charge in [-0.3, -0.25) is 4.79 Å². The number of nitrogens with zero attached hydrogens (tertiary/aromatic N) is 3. The number of aromatic nitrogens is 2. The van der Waals surface area contributed by atoms with Crippen LogP contribution in [0.2, 0.25) is 0 Å². The Kier molecular flexibility index (Phi) is 4.37. The predicted octanol–water partition coefficient (Wildman–Crippen LogP) is 1.69. The van der Waals surface area contributed by atoms with Gasteiger partial charge in [0, 0.05) is 18.8 Å². The number of para-hydroxylation sites is 2. The summed E-state index contributed by atoms with van der Waals surface area (Å²) < 4.78 is 17.3. The van der Waals surface area contributed by atoms with Crippen molar-refractivity contribution < 1.29 is 19.0 Å². The Balaban J connectivity index is 1.39. The highest BCUT2D eigenvalue weighted by Gasteiger charge is 2.34. The zero-order valence-electron chi connectivity index (χ0n) is 13.7. The lowest BCUT2D eigenvalue weighted by molar-refractivity contribution is -0.143. The fourth-order valence-electron chi connectivity index (χ4n) is 3.10. The molecule has 2 aliphatic heterocycles. The minimum atomic E-state index is -0.620. The van der Waals surface area contributed by atoms with Gasteiger partial charge in [-0.1, -0.05) is 12.1 Å². The molecular weight excluding hydrogens is 322 g/mol. The van der Waals surface area contributed by atoms with Crippen molar-refractivity contribution in [3.63, 3.8) is 0 Å². The number of likely N-dealkylation sites (tertiary alicyclic amines) is 1. The van der Waals surface area contributed by atoms with Crippen LogP contribution in [0.5, 0.6) is 17.4 Å². The predicted molar refractivity (Wildman–Crippen MR) is 88.6 cm³/mol. The van der Waals surface area contributed by atoms with Gasteiger partial charge < -0.3 is 19.1 Å². The number of carbonyl (C=O) groups excluding carboxylic acids is 1. The van der Waals surface area contributed by atoms with E-state index < -0.39 is 6.10 Å². The minimum absolute atomic E-state index is 0.0676. The van der Waals surface area contributed by atoms with E-state index in [-0.39, 0.29) is 18.6 Å². The number of hydrogen-bond acceptors (Lipinski definition) is 6. The molecule has 2 aromatic rings. The first-order chi connectivity index (χ1) is 12.3. The molecule has 4 rings (SSSR count). The van der Waals surface area contributed by atoms with Gasteiger partial charge in [-0.05, 0) is 31.0 Å². The van der Waals surface area contributed by atoms with Crippen LogP contribution in [0.3, 0.4) is 0 Å². The number of benzene rings is 1. The normalized spacial score (nSPS) is 22.3. The molecule has 0 N–H and O–H groups in total. The fraction of sp³-hybridized carbons (Fsp3) is 0.389. The van der Waals surface area contributed by atoms with Gasteiger partial charge in [0.25, 0.3) is 5.91 Å². The van der Waals surface area contributed by atoms with Crippen LogP contribution in [-0.4, -0.2) is 52.9 Å². The first-order valence-electron chi connectivity index (χ1n) is 8.41. The first kappa shape index (κ1) is 15.7. The van der Waals surface area contributed by atoms with Crippen molar-refractivity contribution in [1.29, 1.82) is 0 Å². The molecule has 0 aliphatic carbocycles. The summed E-state index contributed by atoms with van der Waals surface area (Å²) >= 11 is 0. The molecule has 3 heterocycles. The molecule has 7 heteroatoms. The van der Waals surface area contributed by atoms with Crippen LogP contribution in [0.15, 0.2) is 42.6 Å². The SMILES string of the molecule is O=C([C@H]1COc2ccccc2O1)N1CCC[C@@H](Oc2cccnn2)C1. The summed E-state index contributed by atoms with van der Waals surface area (Å²) in [4.78, 5) is 14.6. The molecule has 0 spiro atoms. The van der Waals surface area contributed by atoms with Crippen LogP contribution < -0.4 is 14.2 Å². The Labute approximate surface area is 145 Å². The number of hydrogen-bond donors (Lipinski definition) is 0. The van der Waals surface area contributed by atoms with Gasteiger partial charge in [-0.15, -0.1) is 5.10 Å². The summed E-state index contributed by atoms with van der Waals surface area (Å²) in [5, 5.41) is 7.74. The van der Waals surface area contributed by atoms with Crippen molar-refractivity contribution >= 4 is 5.91 Å². The fourth-order valence-corrected chi connectivity index (χ4v) is 3.10. The molecule has 1 aromatic heterocycles. The van der Waals surface area contributed by atoms with Gasteiger partial charge in [0.15, 0.2) is 11.5 Å². The summed E-state index contributed by atoms with van der Waals surface area (Å²) in [6.07, 6.45) is 2.64. The molecule has 2 aliphatic rings. The number of piperidine rings is 1. The van der Waals surface area contributed by atoms with E-state index in [1.807, 2.05) is 24.3 Å². The molecule has 0 radical (unpaired) electrons. The maximum atomic E-state index is 12.8. The van der Waals surface area contributed by atoms with Gasteiger partial charge in [0.2, 0.25) is 12.0 Å². The maximum absolute atomic E-state index is 12.8. The maximum Gasteiger partial charge on any atom is 0.267 e. The second-order valence-electron chi connectivity index (χ2n) is 6.09. The topological polar surface area (TPSA) is 73.8 Å². The van der Waals surface area contributed by atoms with E-state index in [4.69, 9.17) is 14.2 Å². The molecule has 2 atom stereocenters. The van der Waals surface area contributed by atoms with Crippen molar-refractivity contribution in [3.8, 4) is 17.4 Å². The first-order valence-corrected chi connectivity index (χ1v) is 8.41. The number of carbonyl (C=O) groups is 1. The average molecular weight is 341 g/mol. The molecule has 0 unspecified atom stereocenters. The van der Waals surface area contributed by atoms with Crippen molar-refractivity contribution in [3.05, 3.63) is 42.6 Å². The summed E-state index contributed by atoms with van der Waals surface area (Å²) in [5.41, 5.74) is 0. The number of rotatable bonds is 3. The second-order valence-corrected chi connectivity index (χ2v) is 6.09. The zero-order valence-corrected chi connectivity index (χ0v) is 13.7. The quantitative estimate of drug-likeness (QED) is 0.846. The number of ether oxygens (including phenoxy) is 3. The Morgan fingerprint density at radius 2 is 2.08 bits per heavy atom. The lowest BCUT2D eigenvalue weighted by Crippen LogP contribution is -2.51. The van der Waals surface area contributed by atoms with Crippen molar-refractivity contribution in [2.75, 3.05) is 19.7 Å². The Morgan fingerprint density at radius 3 is 2.92 bits per heavy atom.